The predicted octanol–water partition coefficient (Wildman–Crippen LogP) is 3.51. The number of hydrogen-bond acceptors (Lipinski definition) is 7. The van der Waals surface area contributed by atoms with E-state index in [1.807, 2.05) is 13.8 Å². The molecule has 2 aromatic heterocycles. The number of carbonyl (C=O) groups is 2. The van der Waals surface area contributed by atoms with Gasteiger partial charge in [-0.15, -0.1) is 11.3 Å². The van der Waals surface area contributed by atoms with Gasteiger partial charge in [-0.25, -0.2) is 17.9 Å². The Kier molecular flexibility index (Phi) is 6.76. The normalized spacial score (nSPS) is 12.4. The number of nitrogens with zero attached hydrogens (tertiary/aromatic N) is 2. The lowest BCUT2D eigenvalue weighted by Crippen LogP contribution is -2.31. The predicted molar refractivity (Wildman–Crippen MR) is 118 cm³/mol. The largest absolute Gasteiger partial charge is 0.449 e. The van der Waals surface area contributed by atoms with E-state index in [9.17, 15) is 18.0 Å². The summed E-state index contributed by atoms with van der Waals surface area (Å²) in [5.41, 5.74) is 0.489. The molecule has 0 aliphatic rings. The zero-order valence-corrected chi connectivity index (χ0v) is 18.7. The minimum atomic E-state index is -3.68. The third-order valence-corrected chi connectivity index (χ3v) is 6.98. The fourth-order valence-corrected chi connectivity index (χ4v) is 4.68. The minimum absolute atomic E-state index is 0.0545. The molecule has 3 aromatic rings. The molecule has 1 unspecified atom stereocenters. The highest BCUT2D eigenvalue weighted by Crippen LogP contribution is 2.21. The number of amides is 1. The van der Waals surface area contributed by atoms with E-state index >= 15 is 0 Å². The van der Waals surface area contributed by atoms with Gasteiger partial charge in [0.1, 0.15) is 10.0 Å². The van der Waals surface area contributed by atoms with E-state index < -0.39 is 28.0 Å². The molecule has 0 fully saturated rings. The Bertz CT molecular complexity index is 1150. The maximum atomic E-state index is 12.4. The number of aromatic nitrogens is 2. The number of thiophene rings is 1. The summed E-state index contributed by atoms with van der Waals surface area (Å²) < 4.78 is 34.0. The molecule has 1 aromatic carbocycles. The van der Waals surface area contributed by atoms with Crippen LogP contribution < -0.4 is 10.0 Å². The van der Waals surface area contributed by atoms with Crippen molar-refractivity contribution in [3.63, 3.8) is 0 Å². The van der Waals surface area contributed by atoms with Crippen molar-refractivity contribution < 1.29 is 22.7 Å². The van der Waals surface area contributed by atoms with Gasteiger partial charge >= 0.3 is 5.97 Å². The molecule has 2 heterocycles. The molecule has 0 bridgehead atoms. The standard InChI is InChI=1S/C20H22N4O5S2/c1-13(2)24-17(10-11-21-24)22-19(25)14(3)29-20(26)15-6-8-16(9-7-15)23-31(27,28)18-5-4-12-30-18/h4-14,23H,1-3H3,(H,22,25). The molecule has 0 aliphatic carbocycles. The second-order valence-electron chi connectivity index (χ2n) is 6.91. The van der Waals surface area contributed by atoms with Gasteiger partial charge in [0.05, 0.1) is 11.8 Å². The Morgan fingerprint density at radius 2 is 1.81 bits per heavy atom. The van der Waals surface area contributed by atoms with Gasteiger partial charge in [0.15, 0.2) is 6.10 Å². The van der Waals surface area contributed by atoms with Crippen molar-refractivity contribution in [3.8, 4) is 0 Å². The highest BCUT2D eigenvalue weighted by Gasteiger charge is 2.21. The topological polar surface area (TPSA) is 119 Å². The van der Waals surface area contributed by atoms with Crippen LogP contribution in [-0.4, -0.2) is 36.2 Å². The van der Waals surface area contributed by atoms with E-state index in [1.165, 1.54) is 37.3 Å². The van der Waals surface area contributed by atoms with Gasteiger partial charge in [-0.05, 0) is 56.5 Å². The highest BCUT2D eigenvalue weighted by atomic mass is 32.2. The van der Waals surface area contributed by atoms with Crippen LogP contribution in [0.5, 0.6) is 0 Å². The molecule has 0 saturated carbocycles. The number of rotatable bonds is 8. The summed E-state index contributed by atoms with van der Waals surface area (Å²) in [6, 6.07) is 10.6. The number of sulfonamides is 1. The molecule has 0 spiro atoms. The van der Waals surface area contributed by atoms with Crippen LogP contribution in [0.25, 0.3) is 0 Å². The number of esters is 1. The molecular weight excluding hydrogens is 440 g/mol. The number of anilines is 2. The molecule has 11 heteroatoms. The van der Waals surface area contributed by atoms with Gasteiger partial charge in [0, 0.05) is 17.8 Å². The Labute approximate surface area is 184 Å². The first kappa shape index (κ1) is 22.5. The third kappa shape index (κ3) is 5.50. The number of carbonyl (C=O) groups excluding carboxylic acids is 2. The van der Waals surface area contributed by atoms with Crippen LogP contribution in [0.15, 0.2) is 58.3 Å². The van der Waals surface area contributed by atoms with E-state index in [1.54, 1.807) is 28.4 Å². The maximum Gasteiger partial charge on any atom is 0.338 e. The monoisotopic (exact) mass is 462 g/mol. The van der Waals surface area contributed by atoms with Crippen molar-refractivity contribution in [2.45, 2.75) is 37.1 Å². The smallest absolute Gasteiger partial charge is 0.338 e. The second-order valence-corrected chi connectivity index (χ2v) is 9.76. The average molecular weight is 463 g/mol. The molecule has 0 saturated heterocycles. The summed E-state index contributed by atoms with van der Waals surface area (Å²) in [7, 11) is -3.68. The summed E-state index contributed by atoms with van der Waals surface area (Å²) in [6.07, 6.45) is 0.528. The Balaban J connectivity index is 1.60. The molecule has 0 radical (unpaired) electrons. The van der Waals surface area contributed by atoms with Crippen LogP contribution in [0.3, 0.4) is 0 Å². The number of nitrogens with one attached hydrogen (secondary N) is 2. The molecule has 31 heavy (non-hydrogen) atoms. The summed E-state index contributed by atoms with van der Waals surface area (Å²) in [5.74, 6) is -0.686. The summed E-state index contributed by atoms with van der Waals surface area (Å²) in [6.45, 7) is 5.32. The SMILES string of the molecule is CC(OC(=O)c1ccc(NS(=O)(=O)c2cccs2)cc1)C(=O)Nc1ccnn1C(C)C. The summed E-state index contributed by atoms with van der Waals surface area (Å²) >= 11 is 1.10. The lowest BCUT2D eigenvalue weighted by molar-refractivity contribution is -0.123. The van der Waals surface area contributed by atoms with Crippen LogP contribution in [0, 0.1) is 0 Å². The van der Waals surface area contributed by atoms with Crippen molar-refractivity contribution in [2.75, 3.05) is 10.0 Å². The van der Waals surface area contributed by atoms with E-state index in [4.69, 9.17) is 4.74 Å². The Hall–Kier alpha value is -3.18. The van der Waals surface area contributed by atoms with Crippen molar-refractivity contribution >= 4 is 44.7 Å². The molecule has 1 amide bonds. The molecule has 2 N–H and O–H groups in total. The summed E-state index contributed by atoms with van der Waals surface area (Å²) in [5, 5.41) is 8.49. The van der Waals surface area contributed by atoms with Gasteiger partial charge in [-0.3, -0.25) is 9.52 Å². The van der Waals surface area contributed by atoms with Crippen molar-refractivity contribution in [3.05, 3.63) is 59.6 Å². The van der Waals surface area contributed by atoms with Crippen LogP contribution >= 0.6 is 11.3 Å². The second kappa shape index (κ2) is 9.31. The summed E-state index contributed by atoms with van der Waals surface area (Å²) in [4.78, 5) is 24.7. The van der Waals surface area contributed by atoms with Crippen molar-refractivity contribution in [2.24, 2.45) is 0 Å². The minimum Gasteiger partial charge on any atom is -0.449 e. The molecule has 9 nitrogen and oxygen atoms in total. The van der Waals surface area contributed by atoms with Gasteiger partial charge in [0.2, 0.25) is 0 Å². The highest BCUT2D eigenvalue weighted by molar-refractivity contribution is 7.94. The van der Waals surface area contributed by atoms with Gasteiger partial charge in [-0.1, -0.05) is 6.07 Å². The van der Waals surface area contributed by atoms with Crippen molar-refractivity contribution in [1.29, 1.82) is 0 Å². The number of hydrogen-bond donors (Lipinski definition) is 2. The van der Waals surface area contributed by atoms with E-state index in [0.29, 0.717) is 11.5 Å². The van der Waals surface area contributed by atoms with Crippen LogP contribution in [-0.2, 0) is 19.6 Å². The first-order chi connectivity index (χ1) is 14.7. The number of ether oxygens (including phenoxy) is 1. The van der Waals surface area contributed by atoms with Crippen LogP contribution in [0.1, 0.15) is 37.2 Å². The van der Waals surface area contributed by atoms with Gasteiger partial charge < -0.3 is 10.1 Å². The molecule has 1 atom stereocenters. The van der Waals surface area contributed by atoms with E-state index in [0.717, 1.165) is 11.3 Å². The lowest BCUT2D eigenvalue weighted by Gasteiger charge is -2.16. The van der Waals surface area contributed by atoms with Crippen LogP contribution in [0.2, 0.25) is 0 Å². The fourth-order valence-electron chi connectivity index (χ4n) is 2.63. The van der Waals surface area contributed by atoms with Crippen LogP contribution in [0.4, 0.5) is 11.5 Å². The quantitative estimate of drug-likeness (QED) is 0.495. The maximum absolute atomic E-state index is 12.4. The van der Waals surface area contributed by atoms with E-state index in [2.05, 4.69) is 15.1 Å². The lowest BCUT2D eigenvalue weighted by atomic mass is 10.2. The molecule has 3 rings (SSSR count). The Morgan fingerprint density at radius 1 is 1.10 bits per heavy atom. The fraction of sp³-hybridized carbons (Fsp3) is 0.250. The van der Waals surface area contributed by atoms with E-state index in [-0.39, 0.29) is 15.8 Å². The first-order valence-electron chi connectivity index (χ1n) is 9.39. The number of benzene rings is 1. The zero-order valence-electron chi connectivity index (χ0n) is 17.1. The Morgan fingerprint density at radius 3 is 2.42 bits per heavy atom. The zero-order chi connectivity index (χ0) is 22.6. The molecule has 164 valence electrons. The van der Waals surface area contributed by atoms with Gasteiger partial charge in [-0.2, -0.15) is 5.10 Å². The van der Waals surface area contributed by atoms with Crippen molar-refractivity contribution in [1.82, 2.24) is 9.78 Å². The first-order valence-corrected chi connectivity index (χ1v) is 11.8. The molecular formula is C20H22N4O5S2. The average Bonchev–Trinajstić information content (AvgIpc) is 3.40. The molecule has 0 aliphatic heterocycles. The third-order valence-electron chi connectivity index (χ3n) is 4.20. The van der Waals surface area contributed by atoms with Gasteiger partial charge in [0.25, 0.3) is 15.9 Å².